The molecule has 0 amide bonds. The van der Waals surface area contributed by atoms with E-state index in [1.54, 1.807) is 24.3 Å². The molecule has 0 fully saturated rings. The standard InChI is InChI=1S/C6H6O2Si/c7-5-1-3-6(9-8)4-2-5/h1-4,7-8H. The second-order valence-corrected chi connectivity index (χ2v) is 2.46. The minimum atomic E-state index is -0.185. The fourth-order valence-corrected chi connectivity index (χ4v) is 0.852. The van der Waals surface area contributed by atoms with Crippen LogP contribution in [0.4, 0.5) is 0 Å². The maximum atomic E-state index is 8.77. The third-order valence-corrected chi connectivity index (χ3v) is 1.59. The molecule has 1 aromatic rings. The first-order chi connectivity index (χ1) is 4.33. The molecular weight excluding hydrogens is 132 g/mol. The van der Waals surface area contributed by atoms with Crippen molar-refractivity contribution in [3.8, 4) is 5.75 Å². The van der Waals surface area contributed by atoms with Crippen molar-refractivity contribution in [2.45, 2.75) is 0 Å². The molecule has 2 nitrogen and oxygen atoms in total. The molecule has 2 radical (unpaired) electrons. The Kier molecular flexibility index (Phi) is 1.87. The number of hydrogen-bond donors (Lipinski definition) is 2. The normalized spacial score (nSPS) is 9.44. The number of rotatable bonds is 1. The average molecular weight is 138 g/mol. The van der Waals surface area contributed by atoms with Crippen molar-refractivity contribution in [1.29, 1.82) is 0 Å². The zero-order valence-corrected chi connectivity index (χ0v) is 5.70. The van der Waals surface area contributed by atoms with Gasteiger partial charge in [0.2, 0.25) is 0 Å². The molecule has 0 aliphatic rings. The van der Waals surface area contributed by atoms with Gasteiger partial charge in [-0.25, -0.2) is 0 Å². The van der Waals surface area contributed by atoms with Gasteiger partial charge < -0.3 is 9.90 Å². The highest BCUT2D eigenvalue weighted by Crippen LogP contribution is 2.01. The first-order valence-electron chi connectivity index (χ1n) is 2.52. The number of aromatic hydroxyl groups is 1. The summed E-state index contributed by atoms with van der Waals surface area (Å²) < 4.78 is 0. The van der Waals surface area contributed by atoms with Crippen LogP contribution in [0.1, 0.15) is 0 Å². The zero-order valence-electron chi connectivity index (χ0n) is 4.70. The molecule has 0 bridgehead atoms. The van der Waals surface area contributed by atoms with E-state index in [1.165, 1.54) is 0 Å². The summed E-state index contributed by atoms with van der Waals surface area (Å²) in [6, 6.07) is 6.48. The number of phenols is 1. The van der Waals surface area contributed by atoms with Crippen molar-refractivity contribution < 1.29 is 9.90 Å². The lowest BCUT2D eigenvalue weighted by Crippen LogP contribution is -2.11. The molecule has 0 aliphatic heterocycles. The van der Waals surface area contributed by atoms with Gasteiger partial charge in [0.05, 0.1) is 0 Å². The van der Waals surface area contributed by atoms with E-state index in [0.717, 1.165) is 5.19 Å². The van der Waals surface area contributed by atoms with Crippen LogP contribution in [0.15, 0.2) is 24.3 Å². The Hall–Kier alpha value is -0.803. The van der Waals surface area contributed by atoms with Crippen LogP contribution in [0.2, 0.25) is 0 Å². The molecule has 0 heterocycles. The van der Waals surface area contributed by atoms with Gasteiger partial charge in [-0.3, -0.25) is 0 Å². The second-order valence-electron chi connectivity index (χ2n) is 1.66. The lowest BCUT2D eigenvalue weighted by molar-refractivity contribution is 0.475. The Morgan fingerprint density at radius 3 is 2.11 bits per heavy atom. The number of benzene rings is 1. The van der Waals surface area contributed by atoms with E-state index in [2.05, 4.69) is 0 Å². The summed E-state index contributed by atoms with van der Waals surface area (Å²) in [4.78, 5) is 8.57. The van der Waals surface area contributed by atoms with E-state index in [1.807, 2.05) is 0 Å². The van der Waals surface area contributed by atoms with Crippen molar-refractivity contribution in [3.05, 3.63) is 24.3 Å². The molecule has 0 saturated heterocycles. The maximum Gasteiger partial charge on any atom is 0.265 e. The zero-order chi connectivity index (χ0) is 6.69. The van der Waals surface area contributed by atoms with E-state index < -0.39 is 0 Å². The van der Waals surface area contributed by atoms with Crippen molar-refractivity contribution in [2.24, 2.45) is 0 Å². The molecule has 1 aromatic carbocycles. The monoisotopic (exact) mass is 138 g/mol. The highest BCUT2D eigenvalue weighted by atomic mass is 28.2. The Bertz CT molecular complexity index is 183. The summed E-state index contributed by atoms with van der Waals surface area (Å²) in [5.74, 6) is 0.233. The molecule has 1 rings (SSSR count). The Balaban J connectivity index is 2.88. The molecule has 9 heavy (non-hydrogen) atoms. The molecule has 0 atom stereocenters. The van der Waals surface area contributed by atoms with Crippen molar-refractivity contribution in [2.75, 3.05) is 0 Å². The number of hydrogen-bond acceptors (Lipinski definition) is 2. The Labute approximate surface area is 55.7 Å². The largest absolute Gasteiger partial charge is 0.508 e. The van der Waals surface area contributed by atoms with Gasteiger partial charge in [0.25, 0.3) is 9.76 Å². The fraction of sp³-hybridized carbons (Fsp3) is 0. The van der Waals surface area contributed by atoms with Crippen molar-refractivity contribution in [1.82, 2.24) is 0 Å². The second kappa shape index (κ2) is 2.66. The van der Waals surface area contributed by atoms with E-state index in [-0.39, 0.29) is 15.5 Å². The predicted molar refractivity (Wildman–Crippen MR) is 35.7 cm³/mol. The molecule has 0 aliphatic carbocycles. The van der Waals surface area contributed by atoms with Crippen LogP contribution in [-0.2, 0) is 0 Å². The summed E-state index contributed by atoms with van der Waals surface area (Å²) in [5.41, 5.74) is 0. The van der Waals surface area contributed by atoms with Crippen LogP contribution in [0, 0.1) is 0 Å². The third kappa shape index (κ3) is 1.55. The highest BCUT2D eigenvalue weighted by Gasteiger charge is 1.89. The summed E-state index contributed by atoms with van der Waals surface area (Å²) in [6.45, 7) is 0. The smallest absolute Gasteiger partial charge is 0.265 e. The van der Waals surface area contributed by atoms with E-state index in [0.29, 0.717) is 0 Å². The predicted octanol–water partition coefficient (Wildman–Crippen LogP) is -0.371. The molecule has 3 heteroatoms. The minimum Gasteiger partial charge on any atom is -0.508 e. The van der Waals surface area contributed by atoms with Crippen LogP contribution >= 0.6 is 0 Å². The van der Waals surface area contributed by atoms with Gasteiger partial charge in [0, 0.05) is 0 Å². The van der Waals surface area contributed by atoms with Crippen molar-refractivity contribution in [3.63, 3.8) is 0 Å². The Morgan fingerprint density at radius 2 is 1.67 bits per heavy atom. The molecule has 0 spiro atoms. The minimum absolute atomic E-state index is 0.185. The summed E-state index contributed by atoms with van der Waals surface area (Å²) in [5, 5.41) is 9.61. The fourth-order valence-electron chi connectivity index (χ4n) is 0.536. The van der Waals surface area contributed by atoms with Gasteiger partial charge in [-0.2, -0.15) is 0 Å². The lowest BCUT2D eigenvalue weighted by Gasteiger charge is -1.91. The van der Waals surface area contributed by atoms with E-state index >= 15 is 0 Å². The van der Waals surface area contributed by atoms with Gasteiger partial charge in [-0.05, 0) is 17.3 Å². The van der Waals surface area contributed by atoms with E-state index in [9.17, 15) is 0 Å². The van der Waals surface area contributed by atoms with Crippen LogP contribution in [0.25, 0.3) is 0 Å². The van der Waals surface area contributed by atoms with Crippen LogP contribution in [-0.4, -0.2) is 19.7 Å². The first kappa shape index (κ1) is 6.32. The number of phenolic OH excluding ortho intramolecular Hbond substituents is 1. The highest BCUT2D eigenvalue weighted by molar-refractivity contribution is 6.45. The van der Waals surface area contributed by atoms with Gasteiger partial charge in [-0.15, -0.1) is 0 Å². The molecule has 2 N–H and O–H groups in total. The third-order valence-electron chi connectivity index (χ3n) is 0.996. The lowest BCUT2D eigenvalue weighted by atomic mass is 10.3. The van der Waals surface area contributed by atoms with Gasteiger partial charge >= 0.3 is 0 Å². The maximum absolute atomic E-state index is 8.77. The first-order valence-corrected chi connectivity index (χ1v) is 3.47. The Morgan fingerprint density at radius 1 is 1.11 bits per heavy atom. The van der Waals surface area contributed by atoms with Crippen LogP contribution in [0.5, 0.6) is 5.75 Å². The topological polar surface area (TPSA) is 40.5 Å². The SMILES string of the molecule is O[Si]c1ccc(O)cc1. The molecular formula is C6H6O2Si. The summed E-state index contributed by atoms with van der Waals surface area (Å²) >= 11 is 0. The van der Waals surface area contributed by atoms with Gasteiger partial charge in [-0.1, -0.05) is 12.1 Å². The van der Waals surface area contributed by atoms with Crippen LogP contribution in [0.3, 0.4) is 0 Å². The quantitative estimate of drug-likeness (QED) is 0.520. The molecule has 0 unspecified atom stereocenters. The molecule has 46 valence electrons. The van der Waals surface area contributed by atoms with Gasteiger partial charge in [0.1, 0.15) is 5.75 Å². The average Bonchev–Trinajstić information content (AvgIpc) is 1.90. The molecule has 0 saturated carbocycles. The molecule has 0 aromatic heterocycles. The van der Waals surface area contributed by atoms with Crippen molar-refractivity contribution >= 4 is 14.9 Å². The van der Waals surface area contributed by atoms with E-state index in [4.69, 9.17) is 9.90 Å². The summed E-state index contributed by atoms with van der Waals surface area (Å²) in [7, 11) is -0.185. The summed E-state index contributed by atoms with van der Waals surface area (Å²) in [6.07, 6.45) is 0. The van der Waals surface area contributed by atoms with Gasteiger partial charge in [0.15, 0.2) is 0 Å². The van der Waals surface area contributed by atoms with Crippen LogP contribution < -0.4 is 5.19 Å².